The van der Waals surface area contributed by atoms with Crippen molar-refractivity contribution in [1.29, 1.82) is 10.5 Å². The van der Waals surface area contributed by atoms with Gasteiger partial charge in [-0.05, 0) is 23.8 Å². The summed E-state index contributed by atoms with van der Waals surface area (Å²) in [5.74, 6) is 0.105. The van der Waals surface area contributed by atoms with Crippen LogP contribution in [0.15, 0.2) is 36.5 Å². The summed E-state index contributed by atoms with van der Waals surface area (Å²) in [4.78, 5) is 18.4. The van der Waals surface area contributed by atoms with Gasteiger partial charge in [0.15, 0.2) is 6.19 Å². The molecular weight excluding hydrogens is 318 g/mol. The normalized spacial score (nSPS) is 21.0. The van der Waals surface area contributed by atoms with Crippen LogP contribution in [-0.4, -0.2) is 34.5 Å². The van der Waals surface area contributed by atoms with Crippen LogP contribution in [0.25, 0.3) is 11.1 Å². The maximum Gasteiger partial charge on any atom is 0.270 e. The first kappa shape index (κ1) is 15.0. The molecule has 1 aromatic carbocycles. The van der Waals surface area contributed by atoms with Gasteiger partial charge in [-0.15, -0.1) is 0 Å². The average Bonchev–Trinajstić information content (AvgIpc) is 3.07. The van der Waals surface area contributed by atoms with Crippen molar-refractivity contribution in [3.8, 4) is 29.3 Å². The second-order valence-electron chi connectivity index (χ2n) is 6.09. The van der Waals surface area contributed by atoms with Crippen LogP contribution in [-0.2, 0) is 4.79 Å². The number of carbonyl (C=O) groups excluding carboxylic acids is 1. The van der Waals surface area contributed by atoms with Crippen LogP contribution < -0.4 is 10.1 Å². The Morgan fingerprint density at radius 1 is 1.24 bits per heavy atom. The molecule has 0 aliphatic carbocycles. The van der Waals surface area contributed by atoms with Gasteiger partial charge in [0.25, 0.3) is 5.91 Å². The molecule has 1 atom stereocenters. The highest BCUT2D eigenvalue weighted by molar-refractivity contribution is 6.01. The van der Waals surface area contributed by atoms with E-state index in [-0.39, 0.29) is 12.5 Å². The Morgan fingerprint density at radius 2 is 2.04 bits per heavy atom. The molecule has 1 spiro atoms. The molecule has 4 rings (SSSR count). The van der Waals surface area contributed by atoms with Gasteiger partial charge in [0, 0.05) is 24.7 Å². The quantitative estimate of drug-likeness (QED) is 0.801. The Bertz CT molecular complexity index is 941. The predicted molar refractivity (Wildman–Crippen MR) is 88.2 cm³/mol. The first-order valence-electron chi connectivity index (χ1n) is 7.79. The van der Waals surface area contributed by atoms with Crippen molar-refractivity contribution in [2.24, 2.45) is 0 Å². The number of aromatic nitrogens is 1. The molecule has 0 bridgehead atoms. The fraction of sp³-hybridized carbons (Fsp3) is 0.222. The van der Waals surface area contributed by atoms with E-state index in [2.05, 4.69) is 16.4 Å². The second kappa shape index (κ2) is 5.50. The van der Waals surface area contributed by atoms with Crippen LogP contribution in [0.5, 0.6) is 5.88 Å². The van der Waals surface area contributed by atoms with Crippen molar-refractivity contribution >= 4 is 11.6 Å². The third kappa shape index (κ3) is 2.43. The van der Waals surface area contributed by atoms with E-state index in [1.54, 1.807) is 24.4 Å². The summed E-state index contributed by atoms with van der Waals surface area (Å²) in [6.07, 6.45) is 4.17. The van der Waals surface area contributed by atoms with Gasteiger partial charge < -0.3 is 15.0 Å². The first-order valence-corrected chi connectivity index (χ1v) is 7.79. The molecule has 3 heterocycles. The lowest BCUT2D eigenvalue weighted by atomic mass is 9.99. The van der Waals surface area contributed by atoms with Crippen LogP contribution in [0.1, 0.15) is 12.0 Å². The fourth-order valence-corrected chi connectivity index (χ4v) is 3.12. The summed E-state index contributed by atoms with van der Waals surface area (Å²) in [7, 11) is 0. The molecule has 0 saturated carbocycles. The van der Waals surface area contributed by atoms with Crippen LogP contribution >= 0.6 is 0 Å². The summed E-state index contributed by atoms with van der Waals surface area (Å²) < 4.78 is 5.89. The van der Waals surface area contributed by atoms with Crippen LogP contribution in [0.3, 0.4) is 0 Å². The van der Waals surface area contributed by atoms with E-state index in [9.17, 15) is 4.79 Å². The number of pyridine rings is 1. The number of benzene rings is 1. The predicted octanol–water partition coefficient (Wildman–Crippen LogP) is 1.88. The van der Waals surface area contributed by atoms with Crippen LogP contribution in [0.4, 0.5) is 5.69 Å². The van der Waals surface area contributed by atoms with Gasteiger partial charge in [-0.1, -0.05) is 12.1 Å². The van der Waals surface area contributed by atoms with E-state index in [1.165, 1.54) is 4.90 Å². The topological polar surface area (TPSA) is 102 Å². The van der Waals surface area contributed by atoms with E-state index in [1.807, 2.05) is 18.3 Å². The van der Waals surface area contributed by atoms with E-state index >= 15 is 0 Å². The standard InChI is InChI=1S/C18H13N5O2/c19-8-12-1-3-13(4-2-12)14-7-15-16(21-9-14)25-18(17(24)22-15)5-6-23(10-18)11-20/h1-4,7,9H,5-6,10H2,(H,22,24)/t18-/m0/s1. The highest BCUT2D eigenvalue weighted by atomic mass is 16.5. The van der Waals surface area contributed by atoms with Crippen molar-refractivity contribution in [1.82, 2.24) is 9.88 Å². The Morgan fingerprint density at radius 3 is 2.72 bits per heavy atom. The lowest BCUT2D eigenvalue weighted by Gasteiger charge is -2.33. The maximum absolute atomic E-state index is 12.5. The Balaban J connectivity index is 1.65. The second-order valence-corrected chi connectivity index (χ2v) is 6.09. The van der Waals surface area contributed by atoms with Gasteiger partial charge in [-0.25, -0.2) is 4.98 Å². The lowest BCUT2D eigenvalue weighted by Crippen LogP contribution is -2.52. The number of nitrogens with one attached hydrogen (secondary N) is 1. The van der Waals surface area contributed by atoms with Crippen molar-refractivity contribution < 1.29 is 9.53 Å². The average molecular weight is 331 g/mol. The number of nitrogens with zero attached hydrogens (tertiary/aromatic N) is 4. The molecule has 7 nitrogen and oxygen atoms in total. The zero-order valence-corrected chi connectivity index (χ0v) is 13.2. The van der Waals surface area contributed by atoms with Gasteiger partial charge in [0.05, 0.1) is 18.2 Å². The number of likely N-dealkylation sites (tertiary alicyclic amines) is 1. The molecule has 0 unspecified atom stereocenters. The van der Waals surface area contributed by atoms with Gasteiger partial charge >= 0.3 is 0 Å². The molecule has 1 N–H and O–H groups in total. The summed E-state index contributed by atoms with van der Waals surface area (Å²) in [6.45, 7) is 0.719. The molecule has 7 heteroatoms. The maximum atomic E-state index is 12.5. The Hall–Kier alpha value is -3.58. The lowest BCUT2D eigenvalue weighted by molar-refractivity contribution is -0.131. The highest BCUT2D eigenvalue weighted by Gasteiger charge is 2.50. The molecule has 0 radical (unpaired) electrons. The van der Waals surface area contributed by atoms with Crippen LogP contribution in [0, 0.1) is 22.8 Å². The number of carbonyl (C=O) groups is 1. The molecule has 1 fully saturated rings. The number of rotatable bonds is 1. The highest BCUT2D eigenvalue weighted by Crippen LogP contribution is 2.38. The number of amides is 1. The van der Waals surface area contributed by atoms with E-state index < -0.39 is 5.60 Å². The molecule has 1 amide bonds. The number of fused-ring (bicyclic) bond motifs is 1. The molecule has 2 aromatic rings. The van der Waals surface area contributed by atoms with Gasteiger partial charge in [0.1, 0.15) is 5.69 Å². The first-order chi connectivity index (χ1) is 12.1. The van der Waals surface area contributed by atoms with Crippen LogP contribution in [0.2, 0.25) is 0 Å². The van der Waals surface area contributed by atoms with Gasteiger partial charge in [-0.2, -0.15) is 10.5 Å². The largest absolute Gasteiger partial charge is 0.457 e. The monoisotopic (exact) mass is 331 g/mol. The summed E-state index contributed by atoms with van der Waals surface area (Å²) in [6, 6.07) is 11.0. The zero-order chi connectivity index (χ0) is 17.4. The fourth-order valence-electron chi connectivity index (χ4n) is 3.12. The van der Waals surface area contributed by atoms with Crippen molar-refractivity contribution in [3.05, 3.63) is 42.1 Å². The van der Waals surface area contributed by atoms with Crippen molar-refractivity contribution in [2.45, 2.75) is 12.0 Å². The summed E-state index contributed by atoms with van der Waals surface area (Å²) in [5.41, 5.74) is 1.74. The minimum absolute atomic E-state index is 0.230. The molecule has 25 heavy (non-hydrogen) atoms. The number of anilines is 1. The summed E-state index contributed by atoms with van der Waals surface area (Å²) >= 11 is 0. The molecule has 2 aliphatic heterocycles. The van der Waals surface area contributed by atoms with Crippen molar-refractivity contribution in [3.63, 3.8) is 0 Å². The van der Waals surface area contributed by atoms with E-state index in [0.717, 1.165) is 11.1 Å². The van der Waals surface area contributed by atoms with E-state index in [0.29, 0.717) is 30.1 Å². The number of hydrogen-bond donors (Lipinski definition) is 1. The van der Waals surface area contributed by atoms with Gasteiger partial charge in [0.2, 0.25) is 11.5 Å². The Kier molecular flexibility index (Phi) is 3.29. The van der Waals surface area contributed by atoms with E-state index in [4.69, 9.17) is 15.3 Å². The molecule has 1 saturated heterocycles. The molecule has 1 aromatic heterocycles. The number of hydrogen-bond acceptors (Lipinski definition) is 6. The SMILES string of the molecule is N#Cc1ccc(-c2cnc3c(c2)NC(=O)[C@@]2(CCN(C#N)C2)O3)cc1. The number of nitriles is 2. The van der Waals surface area contributed by atoms with Crippen molar-refractivity contribution in [2.75, 3.05) is 18.4 Å². The minimum Gasteiger partial charge on any atom is -0.457 e. The Labute approximate surface area is 144 Å². The smallest absolute Gasteiger partial charge is 0.270 e. The zero-order valence-electron chi connectivity index (χ0n) is 13.2. The third-order valence-corrected chi connectivity index (χ3v) is 4.53. The van der Waals surface area contributed by atoms with Gasteiger partial charge in [-0.3, -0.25) is 4.79 Å². The molecule has 122 valence electrons. The number of ether oxygens (including phenoxy) is 1. The minimum atomic E-state index is -1.05. The third-order valence-electron chi connectivity index (χ3n) is 4.53. The molecular formula is C18H13N5O2. The molecule has 2 aliphatic rings. The summed E-state index contributed by atoms with van der Waals surface area (Å²) in [5, 5.41) is 20.7.